The van der Waals surface area contributed by atoms with Crippen LogP contribution in [0.25, 0.3) is 0 Å². The highest BCUT2D eigenvalue weighted by Gasteiger charge is 2.42. The number of carbonyl (C=O) groups is 1. The first-order valence-electron chi connectivity index (χ1n) is 10.0. The van der Waals surface area contributed by atoms with Gasteiger partial charge in [-0.05, 0) is 68.1 Å². The molecule has 142 valence electrons. The molecule has 24 heavy (non-hydrogen) atoms. The molecule has 1 saturated carbocycles. The Kier molecular flexibility index (Phi) is 6.98. The summed E-state index contributed by atoms with van der Waals surface area (Å²) in [6.07, 6.45) is 6.30. The predicted octanol–water partition coefficient (Wildman–Crippen LogP) is 6.62. The maximum atomic E-state index is 12.7. The lowest BCUT2D eigenvalue weighted by Gasteiger charge is -2.47. The standard InChI is InChI=1S/C22H42O2/c1-10-22(9,15-16(2)3)19(23)24-18-13-11-17(12-14-18)21(7,8)20(4,5)6/h16-18H,10-15H2,1-9H3. The van der Waals surface area contributed by atoms with E-state index in [4.69, 9.17) is 4.74 Å². The van der Waals surface area contributed by atoms with E-state index in [0.717, 1.165) is 31.6 Å². The Bertz CT molecular complexity index is 408. The molecule has 1 aliphatic rings. The first kappa shape index (κ1) is 21.5. The van der Waals surface area contributed by atoms with Crippen LogP contribution in [0, 0.1) is 28.1 Å². The normalized spacial score (nSPS) is 25.4. The summed E-state index contributed by atoms with van der Waals surface area (Å²) in [5.41, 5.74) is 0.298. The molecule has 0 amide bonds. The second kappa shape index (κ2) is 7.79. The molecule has 2 heteroatoms. The summed E-state index contributed by atoms with van der Waals surface area (Å²) in [4.78, 5) is 12.7. The van der Waals surface area contributed by atoms with Gasteiger partial charge in [-0.3, -0.25) is 4.79 Å². The number of rotatable bonds is 6. The minimum atomic E-state index is -0.324. The van der Waals surface area contributed by atoms with Gasteiger partial charge in [0.25, 0.3) is 0 Å². The molecule has 1 unspecified atom stereocenters. The minimum Gasteiger partial charge on any atom is -0.462 e. The second-order valence-electron chi connectivity index (χ2n) is 10.4. The Morgan fingerprint density at radius 3 is 1.88 bits per heavy atom. The number of hydrogen-bond donors (Lipinski definition) is 0. The first-order valence-corrected chi connectivity index (χ1v) is 10.0. The highest BCUT2D eigenvalue weighted by atomic mass is 16.5. The van der Waals surface area contributed by atoms with E-state index in [1.165, 1.54) is 12.8 Å². The van der Waals surface area contributed by atoms with Crippen LogP contribution in [0.5, 0.6) is 0 Å². The van der Waals surface area contributed by atoms with Gasteiger partial charge >= 0.3 is 5.97 Å². The Balaban J connectivity index is 2.62. The lowest BCUT2D eigenvalue weighted by Crippen LogP contribution is -2.41. The monoisotopic (exact) mass is 338 g/mol. The van der Waals surface area contributed by atoms with E-state index >= 15 is 0 Å². The molecule has 0 radical (unpaired) electrons. The first-order chi connectivity index (χ1) is 10.8. The summed E-state index contributed by atoms with van der Waals surface area (Å²) in [5, 5.41) is 0. The maximum Gasteiger partial charge on any atom is 0.312 e. The summed E-state index contributed by atoms with van der Waals surface area (Å²) in [6.45, 7) is 20.4. The van der Waals surface area contributed by atoms with Crippen LogP contribution in [-0.2, 0) is 9.53 Å². The molecule has 0 aliphatic heterocycles. The SMILES string of the molecule is CCC(C)(CC(C)C)C(=O)OC1CCC(C(C)(C)C(C)(C)C)CC1. The molecule has 1 rings (SSSR count). The van der Waals surface area contributed by atoms with E-state index < -0.39 is 0 Å². The van der Waals surface area contributed by atoms with Gasteiger partial charge in [-0.1, -0.05) is 55.4 Å². The lowest BCUT2D eigenvalue weighted by molar-refractivity contribution is -0.164. The van der Waals surface area contributed by atoms with E-state index in [2.05, 4.69) is 62.3 Å². The van der Waals surface area contributed by atoms with Crippen LogP contribution < -0.4 is 0 Å². The number of esters is 1. The highest BCUT2D eigenvalue weighted by Crippen LogP contribution is 2.49. The van der Waals surface area contributed by atoms with Crippen molar-refractivity contribution in [2.75, 3.05) is 0 Å². The van der Waals surface area contributed by atoms with Gasteiger partial charge in [-0.25, -0.2) is 0 Å². The van der Waals surface area contributed by atoms with Crippen molar-refractivity contribution in [2.45, 2.75) is 107 Å². The van der Waals surface area contributed by atoms with Crippen molar-refractivity contribution >= 4 is 5.97 Å². The number of hydrogen-bond acceptors (Lipinski definition) is 2. The van der Waals surface area contributed by atoms with Crippen LogP contribution in [-0.4, -0.2) is 12.1 Å². The molecular formula is C22H42O2. The molecule has 0 aromatic heterocycles. The molecule has 0 heterocycles. The Morgan fingerprint density at radius 1 is 1.00 bits per heavy atom. The van der Waals surface area contributed by atoms with Crippen LogP contribution in [0.3, 0.4) is 0 Å². The fourth-order valence-electron chi connectivity index (χ4n) is 4.08. The lowest BCUT2D eigenvalue weighted by atomic mass is 9.58. The van der Waals surface area contributed by atoms with Gasteiger partial charge < -0.3 is 4.74 Å². The van der Waals surface area contributed by atoms with Crippen molar-refractivity contribution in [3.05, 3.63) is 0 Å². The van der Waals surface area contributed by atoms with Gasteiger partial charge in [0.05, 0.1) is 5.41 Å². The topological polar surface area (TPSA) is 26.3 Å². The van der Waals surface area contributed by atoms with Gasteiger partial charge in [0.2, 0.25) is 0 Å². The van der Waals surface area contributed by atoms with Crippen LogP contribution in [0.1, 0.15) is 101 Å². The zero-order chi connectivity index (χ0) is 18.8. The predicted molar refractivity (Wildman–Crippen MR) is 103 cm³/mol. The molecule has 1 fully saturated rings. The third-order valence-electron chi connectivity index (χ3n) is 7.03. The zero-order valence-corrected chi connectivity index (χ0v) is 17.8. The third-order valence-corrected chi connectivity index (χ3v) is 7.03. The molecule has 0 aromatic rings. The average molecular weight is 339 g/mol. The fourth-order valence-corrected chi connectivity index (χ4v) is 4.08. The third kappa shape index (κ3) is 4.99. The average Bonchev–Trinajstić information content (AvgIpc) is 2.45. The Hall–Kier alpha value is -0.530. The van der Waals surface area contributed by atoms with Crippen LogP contribution in [0.2, 0.25) is 0 Å². The highest BCUT2D eigenvalue weighted by molar-refractivity contribution is 5.76. The Morgan fingerprint density at radius 2 is 1.50 bits per heavy atom. The van der Waals surface area contributed by atoms with Crippen molar-refractivity contribution in [3.8, 4) is 0 Å². The van der Waals surface area contributed by atoms with Crippen LogP contribution >= 0.6 is 0 Å². The maximum absolute atomic E-state index is 12.7. The van der Waals surface area contributed by atoms with Crippen molar-refractivity contribution in [3.63, 3.8) is 0 Å². The molecule has 0 bridgehead atoms. The molecule has 0 aromatic carbocycles. The fraction of sp³-hybridized carbons (Fsp3) is 0.955. The molecule has 0 spiro atoms. The summed E-state index contributed by atoms with van der Waals surface area (Å²) in [6, 6.07) is 0. The second-order valence-corrected chi connectivity index (χ2v) is 10.4. The van der Waals surface area contributed by atoms with Gasteiger partial charge in [0.1, 0.15) is 6.10 Å². The van der Waals surface area contributed by atoms with Crippen LogP contribution in [0.4, 0.5) is 0 Å². The Labute approximate surface area is 151 Å². The largest absolute Gasteiger partial charge is 0.462 e. The van der Waals surface area contributed by atoms with Gasteiger partial charge in [-0.15, -0.1) is 0 Å². The van der Waals surface area contributed by atoms with Crippen LogP contribution in [0.15, 0.2) is 0 Å². The van der Waals surface area contributed by atoms with Crippen molar-refractivity contribution in [1.82, 2.24) is 0 Å². The van der Waals surface area contributed by atoms with E-state index in [1.54, 1.807) is 0 Å². The van der Waals surface area contributed by atoms with Crippen molar-refractivity contribution in [2.24, 2.45) is 28.1 Å². The molecular weight excluding hydrogens is 296 g/mol. The van der Waals surface area contributed by atoms with Crippen molar-refractivity contribution in [1.29, 1.82) is 0 Å². The number of ether oxygens (including phenoxy) is 1. The van der Waals surface area contributed by atoms with E-state index in [-0.39, 0.29) is 17.5 Å². The summed E-state index contributed by atoms with van der Waals surface area (Å²) >= 11 is 0. The smallest absolute Gasteiger partial charge is 0.312 e. The summed E-state index contributed by atoms with van der Waals surface area (Å²) in [5.74, 6) is 1.27. The molecule has 1 atom stereocenters. The van der Waals surface area contributed by atoms with E-state index in [0.29, 0.717) is 16.7 Å². The number of carbonyl (C=O) groups excluding carboxylic acids is 1. The van der Waals surface area contributed by atoms with Gasteiger partial charge in [0, 0.05) is 0 Å². The molecule has 0 N–H and O–H groups in total. The van der Waals surface area contributed by atoms with Gasteiger partial charge in [-0.2, -0.15) is 0 Å². The van der Waals surface area contributed by atoms with Gasteiger partial charge in [0.15, 0.2) is 0 Å². The summed E-state index contributed by atoms with van der Waals surface area (Å²) < 4.78 is 5.96. The quantitative estimate of drug-likeness (QED) is 0.508. The summed E-state index contributed by atoms with van der Waals surface area (Å²) in [7, 11) is 0. The minimum absolute atomic E-state index is 0.0252. The molecule has 1 aliphatic carbocycles. The van der Waals surface area contributed by atoms with Crippen molar-refractivity contribution < 1.29 is 9.53 Å². The van der Waals surface area contributed by atoms with E-state index in [1.807, 2.05) is 0 Å². The zero-order valence-electron chi connectivity index (χ0n) is 17.8. The molecule has 2 nitrogen and oxygen atoms in total. The molecule has 0 saturated heterocycles. The van der Waals surface area contributed by atoms with E-state index in [9.17, 15) is 4.79 Å².